The average Bonchev–Trinajstić information content (AvgIpc) is 2.58. The Labute approximate surface area is 144 Å². The zero-order valence-electron chi connectivity index (χ0n) is 15.2. The molecule has 0 aliphatic carbocycles. The fourth-order valence-corrected chi connectivity index (χ4v) is 2.41. The number of amides is 1. The lowest BCUT2D eigenvalue weighted by molar-refractivity contribution is -0.124. The third kappa shape index (κ3) is 4.92. The van der Waals surface area contributed by atoms with E-state index in [-0.39, 0.29) is 5.91 Å². The molecular weight excluding hydrogens is 306 g/mol. The number of nitrogens with one attached hydrogen (secondary N) is 1. The summed E-state index contributed by atoms with van der Waals surface area (Å²) >= 11 is 0. The van der Waals surface area contributed by atoms with Crippen molar-refractivity contribution < 1.29 is 14.3 Å². The minimum Gasteiger partial charge on any atom is -0.492 e. The molecule has 1 aliphatic rings. The third-order valence-corrected chi connectivity index (χ3v) is 4.49. The van der Waals surface area contributed by atoms with Gasteiger partial charge in [0.25, 0.3) is 0 Å². The van der Waals surface area contributed by atoms with Crippen LogP contribution in [0.1, 0.15) is 39.7 Å². The van der Waals surface area contributed by atoms with Gasteiger partial charge >= 0.3 is 0 Å². The van der Waals surface area contributed by atoms with E-state index < -0.39 is 5.41 Å². The molecule has 6 heteroatoms. The van der Waals surface area contributed by atoms with Crippen LogP contribution in [0.3, 0.4) is 0 Å². The van der Waals surface area contributed by atoms with Crippen molar-refractivity contribution in [1.82, 2.24) is 9.88 Å². The second kappa shape index (κ2) is 8.44. The lowest BCUT2D eigenvalue weighted by Crippen LogP contribution is -2.35. The van der Waals surface area contributed by atoms with Crippen LogP contribution in [0.5, 0.6) is 5.75 Å². The van der Waals surface area contributed by atoms with Gasteiger partial charge in [0.05, 0.1) is 26.0 Å². The summed E-state index contributed by atoms with van der Waals surface area (Å²) in [5.41, 5.74) is 0.628. The van der Waals surface area contributed by atoms with Crippen LogP contribution in [0, 0.1) is 5.41 Å². The molecule has 1 N–H and O–H groups in total. The van der Waals surface area contributed by atoms with Crippen LogP contribution in [-0.4, -0.2) is 48.7 Å². The Morgan fingerprint density at radius 3 is 2.71 bits per heavy atom. The molecule has 2 rings (SSSR count). The van der Waals surface area contributed by atoms with Gasteiger partial charge in [-0.3, -0.25) is 9.69 Å². The van der Waals surface area contributed by atoms with Crippen LogP contribution >= 0.6 is 0 Å². The molecule has 134 valence electrons. The van der Waals surface area contributed by atoms with Gasteiger partial charge in [0.15, 0.2) is 0 Å². The number of anilines is 1. The Hall–Kier alpha value is -1.66. The largest absolute Gasteiger partial charge is 0.492 e. The molecule has 1 aromatic rings. The highest BCUT2D eigenvalue weighted by molar-refractivity contribution is 5.94. The summed E-state index contributed by atoms with van der Waals surface area (Å²) in [5, 5.41) is 2.93. The second-order valence-corrected chi connectivity index (χ2v) is 6.69. The number of aromatic nitrogens is 1. The Bertz CT molecular complexity index is 554. The molecule has 1 fully saturated rings. The second-order valence-electron chi connectivity index (χ2n) is 6.69. The highest BCUT2D eigenvalue weighted by Crippen LogP contribution is 2.25. The summed E-state index contributed by atoms with van der Waals surface area (Å²) in [6.45, 7) is 12.5. The molecule has 6 nitrogen and oxygen atoms in total. The van der Waals surface area contributed by atoms with Gasteiger partial charge in [0, 0.05) is 30.6 Å². The molecule has 0 spiro atoms. The van der Waals surface area contributed by atoms with E-state index in [1.807, 2.05) is 33.8 Å². The van der Waals surface area contributed by atoms with E-state index in [0.29, 0.717) is 12.4 Å². The molecule has 1 amide bonds. The topological polar surface area (TPSA) is 63.7 Å². The molecule has 1 aromatic heterocycles. The van der Waals surface area contributed by atoms with Crippen molar-refractivity contribution in [3.63, 3.8) is 0 Å². The van der Waals surface area contributed by atoms with Gasteiger partial charge in [0.2, 0.25) is 5.91 Å². The molecule has 1 aliphatic heterocycles. The number of carbonyl (C=O) groups excluding carboxylic acids is 1. The first-order chi connectivity index (χ1) is 11.5. The lowest BCUT2D eigenvalue weighted by atomic mass is 9.89. The van der Waals surface area contributed by atoms with Crippen molar-refractivity contribution in [2.24, 2.45) is 5.41 Å². The number of morpholine rings is 1. The number of carbonyl (C=O) groups is 1. The van der Waals surface area contributed by atoms with Crippen LogP contribution in [0.25, 0.3) is 0 Å². The van der Waals surface area contributed by atoms with E-state index in [0.717, 1.165) is 50.6 Å². The maximum Gasteiger partial charge on any atom is 0.231 e. The SMILES string of the molecule is CCOc1cnc(NC(=O)C(C)(C)CC)cc1CN1CCOCC1. The zero-order valence-corrected chi connectivity index (χ0v) is 15.2. The number of ether oxygens (including phenoxy) is 2. The maximum atomic E-state index is 12.4. The zero-order chi connectivity index (χ0) is 17.6. The Morgan fingerprint density at radius 2 is 2.08 bits per heavy atom. The Balaban J connectivity index is 2.15. The van der Waals surface area contributed by atoms with Crippen LogP contribution in [0.15, 0.2) is 12.3 Å². The maximum absolute atomic E-state index is 12.4. The number of nitrogens with zero attached hydrogens (tertiary/aromatic N) is 2. The van der Waals surface area contributed by atoms with Crippen LogP contribution in [0.2, 0.25) is 0 Å². The Kier molecular flexibility index (Phi) is 6.57. The van der Waals surface area contributed by atoms with Crippen molar-refractivity contribution >= 4 is 11.7 Å². The monoisotopic (exact) mass is 335 g/mol. The summed E-state index contributed by atoms with van der Waals surface area (Å²) in [5.74, 6) is 1.34. The van der Waals surface area contributed by atoms with Crippen LogP contribution in [-0.2, 0) is 16.1 Å². The van der Waals surface area contributed by atoms with Crippen LogP contribution in [0.4, 0.5) is 5.82 Å². The molecule has 1 saturated heterocycles. The normalized spacial score (nSPS) is 16.0. The van der Waals surface area contributed by atoms with Crippen molar-refractivity contribution in [2.45, 2.75) is 40.7 Å². The summed E-state index contributed by atoms with van der Waals surface area (Å²) in [4.78, 5) is 19.0. The van der Waals surface area contributed by atoms with E-state index in [2.05, 4.69) is 15.2 Å². The minimum absolute atomic E-state index is 0.0148. The van der Waals surface area contributed by atoms with E-state index in [9.17, 15) is 4.79 Å². The van der Waals surface area contributed by atoms with Gasteiger partial charge in [-0.2, -0.15) is 0 Å². The average molecular weight is 335 g/mol. The minimum atomic E-state index is -0.412. The molecular formula is C18H29N3O3. The molecule has 0 unspecified atom stereocenters. The Morgan fingerprint density at radius 1 is 1.38 bits per heavy atom. The first-order valence-electron chi connectivity index (χ1n) is 8.69. The van der Waals surface area contributed by atoms with Gasteiger partial charge in [-0.1, -0.05) is 20.8 Å². The molecule has 2 heterocycles. The number of rotatable bonds is 7. The molecule has 0 aromatic carbocycles. The fraction of sp³-hybridized carbons (Fsp3) is 0.667. The standard InChI is InChI=1S/C18H29N3O3/c1-5-18(3,4)17(22)20-16-11-14(15(12-19-16)24-6-2)13-21-7-9-23-10-8-21/h11-12H,5-10,13H2,1-4H3,(H,19,20,22). The first-order valence-corrected chi connectivity index (χ1v) is 8.69. The van der Waals surface area contributed by atoms with E-state index in [4.69, 9.17) is 9.47 Å². The van der Waals surface area contributed by atoms with Gasteiger partial charge in [-0.25, -0.2) is 4.98 Å². The van der Waals surface area contributed by atoms with Gasteiger partial charge < -0.3 is 14.8 Å². The quantitative estimate of drug-likeness (QED) is 0.830. The smallest absolute Gasteiger partial charge is 0.231 e. The van der Waals surface area contributed by atoms with Crippen LogP contribution < -0.4 is 10.1 Å². The van der Waals surface area contributed by atoms with E-state index >= 15 is 0 Å². The van der Waals surface area contributed by atoms with Crippen molar-refractivity contribution in [3.8, 4) is 5.75 Å². The van der Waals surface area contributed by atoms with Gasteiger partial charge in [-0.05, 0) is 19.4 Å². The highest BCUT2D eigenvalue weighted by Gasteiger charge is 2.26. The van der Waals surface area contributed by atoms with Gasteiger partial charge in [0.1, 0.15) is 11.6 Å². The van der Waals surface area contributed by atoms with E-state index in [1.54, 1.807) is 6.20 Å². The molecule has 0 radical (unpaired) electrons. The predicted molar refractivity (Wildman–Crippen MR) is 94.2 cm³/mol. The van der Waals surface area contributed by atoms with Gasteiger partial charge in [-0.15, -0.1) is 0 Å². The third-order valence-electron chi connectivity index (χ3n) is 4.49. The molecule has 0 saturated carbocycles. The molecule has 0 atom stereocenters. The molecule has 24 heavy (non-hydrogen) atoms. The summed E-state index contributed by atoms with van der Waals surface area (Å²) in [6, 6.07) is 1.92. The highest BCUT2D eigenvalue weighted by atomic mass is 16.5. The fourth-order valence-electron chi connectivity index (χ4n) is 2.41. The molecule has 0 bridgehead atoms. The van der Waals surface area contributed by atoms with Crippen molar-refractivity contribution in [2.75, 3.05) is 38.2 Å². The summed E-state index contributed by atoms with van der Waals surface area (Å²) in [7, 11) is 0. The lowest BCUT2D eigenvalue weighted by Gasteiger charge is -2.27. The number of pyridine rings is 1. The van der Waals surface area contributed by atoms with Crippen molar-refractivity contribution in [3.05, 3.63) is 17.8 Å². The predicted octanol–water partition coefficient (Wildman–Crippen LogP) is 2.69. The summed E-state index contributed by atoms with van der Waals surface area (Å²) in [6.07, 6.45) is 2.48. The summed E-state index contributed by atoms with van der Waals surface area (Å²) < 4.78 is 11.1. The number of hydrogen-bond donors (Lipinski definition) is 1. The van der Waals surface area contributed by atoms with E-state index in [1.165, 1.54) is 0 Å². The number of hydrogen-bond acceptors (Lipinski definition) is 5. The van der Waals surface area contributed by atoms with Crippen molar-refractivity contribution in [1.29, 1.82) is 0 Å². The first kappa shape index (κ1) is 18.7.